The van der Waals surface area contributed by atoms with Gasteiger partial charge in [0.05, 0.1) is 4.90 Å². The van der Waals surface area contributed by atoms with Gasteiger partial charge in [-0.05, 0) is 24.3 Å². The summed E-state index contributed by atoms with van der Waals surface area (Å²) >= 11 is 0. The first-order valence-electron chi connectivity index (χ1n) is 5.52. The van der Waals surface area contributed by atoms with E-state index in [2.05, 4.69) is 5.32 Å². The maximum Gasteiger partial charge on any atom is 0.243 e. The lowest BCUT2D eigenvalue weighted by Gasteiger charge is -2.19. The van der Waals surface area contributed by atoms with E-state index >= 15 is 0 Å². The number of halogens is 1. The van der Waals surface area contributed by atoms with E-state index in [9.17, 15) is 17.6 Å². The van der Waals surface area contributed by atoms with E-state index in [4.69, 9.17) is 0 Å². The first kappa shape index (κ1) is 13.0. The predicted molar refractivity (Wildman–Crippen MR) is 62.8 cm³/mol. The fourth-order valence-electron chi connectivity index (χ4n) is 1.74. The number of nitrogens with zero attached hydrogens (tertiary/aromatic N) is 1. The van der Waals surface area contributed by atoms with Gasteiger partial charge in [0.25, 0.3) is 0 Å². The molecule has 1 aliphatic heterocycles. The molecule has 1 amide bonds. The van der Waals surface area contributed by atoms with Crippen molar-refractivity contribution in [2.75, 3.05) is 19.6 Å². The zero-order valence-electron chi connectivity index (χ0n) is 9.60. The third kappa shape index (κ3) is 2.68. The van der Waals surface area contributed by atoms with Gasteiger partial charge in [0.1, 0.15) is 5.82 Å². The normalized spacial score (nSPS) is 18.2. The molecule has 0 aliphatic carbocycles. The second-order valence-electron chi connectivity index (χ2n) is 3.96. The van der Waals surface area contributed by atoms with Gasteiger partial charge >= 0.3 is 0 Å². The molecule has 18 heavy (non-hydrogen) atoms. The van der Waals surface area contributed by atoms with Crippen molar-refractivity contribution in [1.82, 2.24) is 9.62 Å². The molecule has 0 unspecified atom stereocenters. The minimum absolute atomic E-state index is 0.0400. The fourth-order valence-corrected chi connectivity index (χ4v) is 3.18. The molecule has 1 aliphatic rings. The van der Waals surface area contributed by atoms with Crippen LogP contribution in [-0.4, -0.2) is 38.3 Å². The number of benzene rings is 1. The number of amides is 1. The summed E-state index contributed by atoms with van der Waals surface area (Å²) in [6.45, 7) is 0.663. The molecule has 0 spiro atoms. The van der Waals surface area contributed by atoms with Crippen LogP contribution in [0.1, 0.15) is 6.42 Å². The van der Waals surface area contributed by atoms with Gasteiger partial charge in [-0.1, -0.05) is 0 Å². The standard InChI is InChI=1S/C11H13FN2O3S/c12-9-1-3-10(4-2-9)18(16,17)14-7-5-11(15)13-6-8-14/h1-4H,5-8H2,(H,13,15). The molecule has 5 nitrogen and oxygen atoms in total. The van der Waals surface area contributed by atoms with Gasteiger partial charge in [0.2, 0.25) is 15.9 Å². The lowest BCUT2D eigenvalue weighted by atomic mass is 10.4. The van der Waals surface area contributed by atoms with Crippen LogP contribution in [0.4, 0.5) is 4.39 Å². The highest BCUT2D eigenvalue weighted by Gasteiger charge is 2.26. The zero-order chi connectivity index (χ0) is 13.2. The van der Waals surface area contributed by atoms with E-state index in [0.29, 0.717) is 6.54 Å². The molecular weight excluding hydrogens is 259 g/mol. The Morgan fingerprint density at radius 2 is 1.83 bits per heavy atom. The lowest BCUT2D eigenvalue weighted by molar-refractivity contribution is -0.120. The Kier molecular flexibility index (Phi) is 3.63. The van der Waals surface area contributed by atoms with Crippen LogP contribution in [0, 0.1) is 5.82 Å². The molecule has 98 valence electrons. The summed E-state index contributed by atoms with van der Waals surface area (Å²) in [5, 5.41) is 2.60. The number of sulfonamides is 1. The maximum absolute atomic E-state index is 12.8. The third-order valence-corrected chi connectivity index (χ3v) is 4.64. The lowest BCUT2D eigenvalue weighted by Crippen LogP contribution is -2.34. The highest BCUT2D eigenvalue weighted by atomic mass is 32.2. The first-order chi connectivity index (χ1) is 8.50. The van der Waals surface area contributed by atoms with Gasteiger partial charge in [-0.3, -0.25) is 4.79 Å². The van der Waals surface area contributed by atoms with E-state index in [0.717, 1.165) is 12.1 Å². The zero-order valence-corrected chi connectivity index (χ0v) is 10.4. The molecule has 0 saturated carbocycles. The molecule has 0 aromatic heterocycles. The monoisotopic (exact) mass is 272 g/mol. The average molecular weight is 272 g/mol. The molecule has 1 N–H and O–H groups in total. The summed E-state index contributed by atoms with van der Waals surface area (Å²) < 4.78 is 38.4. The van der Waals surface area contributed by atoms with Crippen molar-refractivity contribution < 1.29 is 17.6 Å². The molecule has 0 atom stereocenters. The second-order valence-corrected chi connectivity index (χ2v) is 5.90. The number of carbonyl (C=O) groups is 1. The molecule has 1 fully saturated rings. The Morgan fingerprint density at radius 3 is 2.50 bits per heavy atom. The summed E-state index contributed by atoms with van der Waals surface area (Å²) in [7, 11) is -3.65. The van der Waals surface area contributed by atoms with Crippen molar-refractivity contribution in [2.45, 2.75) is 11.3 Å². The van der Waals surface area contributed by atoms with Crippen molar-refractivity contribution in [1.29, 1.82) is 0 Å². The van der Waals surface area contributed by atoms with Gasteiger partial charge in [0, 0.05) is 26.1 Å². The minimum Gasteiger partial charge on any atom is -0.355 e. The minimum atomic E-state index is -3.65. The van der Waals surface area contributed by atoms with Crippen LogP contribution in [-0.2, 0) is 14.8 Å². The number of rotatable bonds is 2. The SMILES string of the molecule is O=C1CCN(S(=O)(=O)c2ccc(F)cc2)CCN1. The van der Waals surface area contributed by atoms with E-state index in [1.54, 1.807) is 0 Å². The van der Waals surface area contributed by atoms with Crippen molar-refractivity contribution in [3.05, 3.63) is 30.1 Å². The van der Waals surface area contributed by atoms with Gasteiger partial charge < -0.3 is 5.32 Å². The van der Waals surface area contributed by atoms with E-state index in [1.807, 2.05) is 0 Å². The third-order valence-electron chi connectivity index (χ3n) is 2.72. The Bertz CT molecular complexity index is 542. The van der Waals surface area contributed by atoms with Gasteiger partial charge in [-0.15, -0.1) is 0 Å². The van der Waals surface area contributed by atoms with Crippen LogP contribution in [0.15, 0.2) is 29.2 Å². The summed E-state index contributed by atoms with van der Waals surface area (Å²) in [6.07, 6.45) is 0.139. The number of nitrogens with one attached hydrogen (secondary N) is 1. The van der Waals surface area contributed by atoms with Crippen LogP contribution < -0.4 is 5.32 Å². The summed E-state index contributed by atoms with van der Waals surface area (Å²) in [5.41, 5.74) is 0. The first-order valence-corrected chi connectivity index (χ1v) is 6.96. The summed E-state index contributed by atoms with van der Waals surface area (Å²) in [5.74, 6) is -0.645. The Hall–Kier alpha value is -1.47. The van der Waals surface area contributed by atoms with E-state index < -0.39 is 15.8 Å². The number of hydrogen-bond acceptors (Lipinski definition) is 3. The second kappa shape index (κ2) is 5.03. The van der Waals surface area contributed by atoms with E-state index in [1.165, 1.54) is 16.4 Å². The van der Waals surface area contributed by atoms with Crippen LogP contribution >= 0.6 is 0 Å². The fraction of sp³-hybridized carbons (Fsp3) is 0.364. The summed E-state index contributed by atoms with van der Waals surface area (Å²) in [6, 6.07) is 4.66. The molecule has 0 bridgehead atoms. The molecule has 1 aromatic carbocycles. The molecule has 0 radical (unpaired) electrons. The van der Waals surface area contributed by atoms with Crippen LogP contribution in [0.5, 0.6) is 0 Å². The van der Waals surface area contributed by atoms with Crippen LogP contribution in [0.25, 0.3) is 0 Å². The molecular formula is C11H13FN2O3S. The maximum atomic E-state index is 12.8. The van der Waals surface area contributed by atoms with Gasteiger partial charge in [-0.2, -0.15) is 4.31 Å². The van der Waals surface area contributed by atoms with E-state index in [-0.39, 0.29) is 30.3 Å². The average Bonchev–Trinajstić information content (AvgIpc) is 2.55. The quantitative estimate of drug-likeness (QED) is 0.844. The predicted octanol–water partition coefficient (Wildman–Crippen LogP) is 0.336. The smallest absolute Gasteiger partial charge is 0.243 e. The van der Waals surface area contributed by atoms with Crippen LogP contribution in [0.2, 0.25) is 0 Å². The topological polar surface area (TPSA) is 66.5 Å². The Morgan fingerprint density at radius 1 is 1.17 bits per heavy atom. The Labute approximate surface area is 105 Å². The molecule has 1 saturated heterocycles. The summed E-state index contributed by atoms with van der Waals surface area (Å²) in [4.78, 5) is 11.2. The largest absolute Gasteiger partial charge is 0.355 e. The molecule has 1 aromatic rings. The van der Waals surface area contributed by atoms with Crippen molar-refractivity contribution >= 4 is 15.9 Å². The van der Waals surface area contributed by atoms with Crippen molar-refractivity contribution in [3.8, 4) is 0 Å². The van der Waals surface area contributed by atoms with Crippen LogP contribution in [0.3, 0.4) is 0 Å². The number of hydrogen-bond donors (Lipinski definition) is 1. The van der Waals surface area contributed by atoms with Gasteiger partial charge in [0.15, 0.2) is 0 Å². The van der Waals surface area contributed by atoms with Crippen molar-refractivity contribution in [3.63, 3.8) is 0 Å². The number of carbonyl (C=O) groups excluding carboxylic acids is 1. The molecule has 7 heteroatoms. The van der Waals surface area contributed by atoms with Gasteiger partial charge in [-0.25, -0.2) is 12.8 Å². The highest BCUT2D eigenvalue weighted by molar-refractivity contribution is 7.89. The Balaban J connectivity index is 2.25. The molecule has 1 heterocycles. The molecule has 2 rings (SSSR count). The highest BCUT2D eigenvalue weighted by Crippen LogP contribution is 2.16. The van der Waals surface area contributed by atoms with Crippen molar-refractivity contribution in [2.24, 2.45) is 0 Å².